The van der Waals surface area contributed by atoms with Gasteiger partial charge in [0.15, 0.2) is 0 Å². The highest BCUT2D eigenvalue weighted by molar-refractivity contribution is 5.78. The summed E-state index contributed by atoms with van der Waals surface area (Å²) < 4.78 is 5.52. The molecule has 0 bridgehead atoms. The third-order valence-corrected chi connectivity index (χ3v) is 3.61. The van der Waals surface area contributed by atoms with Gasteiger partial charge in [0.05, 0.1) is 13.2 Å². The summed E-state index contributed by atoms with van der Waals surface area (Å²) in [5.74, 6) is 1.07. The van der Waals surface area contributed by atoms with Crippen LogP contribution in [-0.2, 0) is 11.2 Å². The molecular formula is C16H24N2O2. The molecule has 0 saturated carbocycles. The van der Waals surface area contributed by atoms with Gasteiger partial charge >= 0.3 is 0 Å². The van der Waals surface area contributed by atoms with Crippen molar-refractivity contribution >= 4 is 5.91 Å². The smallest absolute Gasteiger partial charge is 0.233 e. The Hall–Kier alpha value is -1.55. The van der Waals surface area contributed by atoms with E-state index in [1.807, 2.05) is 6.07 Å². The Labute approximate surface area is 120 Å². The van der Waals surface area contributed by atoms with E-state index in [4.69, 9.17) is 4.74 Å². The average molecular weight is 276 g/mol. The molecule has 1 heterocycles. The number of hydrogen-bond donors (Lipinski definition) is 2. The molecule has 1 aliphatic heterocycles. The van der Waals surface area contributed by atoms with E-state index in [2.05, 4.69) is 36.6 Å². The van der Waals surface area contributed by atoms with Crippen LogP contribution in [0.3, 0.4) is 0 Å². The average Bonchev–Trinajstić information content (AvgIpc) is 2.93. The Balaban J connectivity index is 1.93. The number of amides is 1. The van der Waals surface area contributed by atoms with Crippen molar-refractivity contribution in [3.05, 3.63) is 29.3 Å². The molecule has 0 radical (unpaired) electrons. The number of ether oxygens (including phenoxy) is 1. The van der Waals surface area contributed by atoms with E-state index in [0.717, 1.165) is 38.2 Å². The summed E-state index contributed by atoms with van der Waals surface area (Å²) in [7, 11) is 0. The lowest BCUT2D eigenvalue weighted by atomic mass is 10.0. The molecule has 0 fully saturated rings. The summed E-state index contributed by atoms with van der Waals surface area (Å²) in [5.41, 5.74) is 2.51. The molecule has 1 aromatic carbocycles. The molecule has 4 heteroatoms. The highest BCUT2D eigenvalue weighted by Gasteiger charge is 2.16. The third-order valence-electron chi connectivity index (χ3n) is 3.61. The number of nitrogens with one attached hydrogen (secondary N) is 2. The maximum atomic E-state index is 11.6. The normalized spacial score (nSPS) is 14.5. The number of benzene rings is 1. The molecule has 4 nitrogen and oxygen atoms in total. The molecular weight excluding hydrogens is 252 g/mol. The predicted octanol–water partition coefficient (Wildman–Crippen LogP) is 2.19. The maximum Gasteiger partial charge on any atom is 0.233 e. The lowest BCUT2D eigenvalue weighted by molar-refractivity contribution is -0.120. The topological polar surface area (TPSA) is 50.4 Å². The van der Waals surface area contributed by atoms with Gasteiger partial charge in [0, 0.05) is 19.0 Å². The molecule has 2 N–H and O–H groups in total. The molecule has 0 aromatic heterocycles. The molecule has 2 rings (SSSR count). The summed E-state index contributed by atoms with van der Waals surface area (Å²) in [6, 6.07) is 6.55. The summed E-state index contributed by atoms with van der Waals surface area (Å²) in [5, 5.41) is 6.22. The summed E-state index contributed by atoms with van der Waals surface area (Å²) in [4.78, 5) is 11.6. The highest BCUT2D eigenvalue weighted by Crippen LogP contribution is 2.28. The second kappa shape index (κ2) is 7.29. The molecule has 20 heavy (non-hydrogen) atoms. The van der Waals surface area contributed by atoms with E-state index in [0.29, 0.717) is 6.54 Å². The zero-order valence-electron chi connectivity index (χ0n) is 12.4. The van der Waals surface area contributed by atoms with Gasteiger partial charge in [-0.2, -0.15) is 0 Å². The van der Waals surface area contributed by atoms with Gasteiger partial charge in [-0.1, -0.05) is 26.0 Å². The summed E-state index contributed by atoms with van der Waals surface area (Å²) >= 11 is 0. The van der Waals surface area contributed by atoms with Gasteiger partial charge in [-0.3, -0.25) is 4.79 Å². The minimum atomic E-state index is 0.0646. The lowest BCUT2D eigenvalue weighted by Gasteiger charge is -2.18. The van der Waals surface area contributed by atoms with Crippen LogP contribution in [0.2, 0.25) is 0 Å². The van der Waals surface area contributed by atoms with Crippen LogP contribution in [0.4, 0.5) is 0 Å². The van der Waals surface area contributed by atoms with Crippen molar-refractivity contribution in [1.82, 2.24) is 10.6 Å². The van der Waals surface area contributed by atoms with Crippen LogP contribution < -0.4 is 15.4 Å². The Bertz CT molecular complexity index is 460. The summed E-state index contributed by atoms with van der Waals surface area (Å²) in [6.07, 6.45) is 2.91. The van der Waals surface area contributed by atoms with Crippen LogP contribution in [0.1, 0.15) is 43.9 Å². The van der Waals surface area contributed by atoms with Crippen LogP contribution >= 0.6 is 0 Å². The van der Waals surface area contributed by atoms with Crippen molar-refractivity contribution < 1.29 is 9.53 Å². The molecule has 0 spiro atoms. The zero-order valence-corrected chi connectivity index (χ0v) is 12.4. The van der Waals surface area contributed by atoms with Crippen molar-refractivity contribution in [2.75, 3.05) is 19.7 Å². The fourth-order valence-electron chi connectivity index (χ4n) is 2.46. The van der Waals surface area contributed by atoms with Gasteiger partial charge in [-0.05, 0) is 30.0 Å². The van der Waals surface area contributed by atoms with Crippen LogP contribution in [-0.4, -0.2) is 25.6 Å². The molecule has 1 atom stereocenters. The molecule has 1 aliphatic rings. The first-order chi connectivity index (χ1) is 9.74. The van der Waals surface area contributed by atoms with E-state index in [-0.39, 0.29) is 11.9 Å². The quantitative estimate of drug-likeness (QED) is 0.802. The first-order valence-electron chi connectivity index (χ1n) is 7.50. The fraction of sp³-hybridized carbons (Fsp3) is 0.562. The number of rotatable bonds is 7. The maximum absolute atomic E-state index is 11.6. The molecule has 1 aromatic rings. The van der Waals surface area contributed by atoms with Crippen molar-refractivity contribution in [2.45, 2.75) is 39.2 Å². The number of fused-ring (bicyclic) bond motifs is 1. The SMILES string of the molecule is CCCNC(=O)CNC(CC)c1ccc2c(c1)CCO2. The van der Waals surface area contributed by atoms with Crippen LogP contribution in [0.15, 0.2) is 18.2 Å². The van der Waals surface area contributed by atoms with Crippen LogP contribution in [0, 0.1) is 0 Å². The van der Waals surface area contributed by atoms with Crippen molar-refractivity contribution in [2.24, 2.45) is 0 Å². The van der Waals surface area contributed by atoms with E-state index >= 15 is 0 Å². The number of carbonyl (C=O) groups is 1. The largest absolute Gasteiger partial charge is 0.493 e. The van der Waals surface area contributed by atoms with E-state index in [1.54, 1.807) is 0 Å². The molecule has 1 amide bonds. The first-order valence-corrected chi connectivity index (χ1v) is 7.50. The Morgan fingerprint density at radius 3 is 3.00 bits per heavy atom. The van der Waals surface area contributed by atoms with Gasteiger partial charge in [0.25, 0.3) is 0 Å². The molecule has 0 saturated heterocycles. The lowest BCUT2D eigenvalue weighted by Crippen LogP contribution is -2.35. The van der Waals surface area contributed by atoms with E-state index < -0.39 is 0 Å². The third kappa shape index (κ3) is 3.73. The Kier molecular flexibility index (Phi) is 5.41. The van der Waals surface area contributed by atoms with Crippen molar-refractivity contribution in [3.8, 4) is 5.75 Å². The van der Waals surface area contributed by atoms with Crippen LogP contribution in [0.25, 0.3) is 0 Å². The minimum absolute atomic E-state index is 0.0646. The summed E-state index contributed by atoms with van der Waals surface area (Å²) in [6.45, 7) is 6.07. The van der Waals surface area contributed by atoms with Gasteiger partial charge < -0.3 is 15.4 Å². The second-order valence-electron chi connectivity index (χ2n) is 5.16. The predicted molar refractivity (Wildman–Crippen MR) is 80.0 cm³/mol. The van der Waals surface area contributed by atoms with Gasteiger partial charge in [-0.25, -0.2) is 0 Å². The zero-order chi connectivity index (χ0) is 14.4. The molecule has 0 aliphatic carbocycles. The van der Waals surface area contributed by atoms with Crippen LogP contribution in [0.5, 0.6) is 5.75 Å². The molecule has 110 valence electrons. The van der Waals surface area contributed by atoms with E-state index in [1.165, 1.54) is 11.1 Å². The first kappa shape index (κ1) is 14.9. The highest BCUT2D eigenvalue weighted by atomic mass is 16.5. The standard InChI is InChI=1S/C16H24N2O2/c1-3-8-17-16(19)11-18-14(4-2)12-5-6-15-13(10-12)7-9-20-15/h5-6,10,14,18H,3-4,7-9,11H2,1-2H3,(H,17,19). The molecule has 1 unspecified atom stereocenters. The van der Waals surface area contributed by atoms with Gasteiger partial charge in [-0.15, -0.1) is 0 Å². The van der Waals surface area contributed by atoms with Crippen molar-refractivity contribution in [3.63, 3.8) is 0 Å². The van der Waals surface area contributed by atoms with Gasteiger partial charge in [0.1, 0.15) is 5.75 Å². The Morgan fingerprint density at radius 1 is 1.40 bits per heavy atom. The van der Waals surface area contributed by atoms with Crippen molar-refractivity contribution in [1.29, 1.82) is 0 Å². The van der Waals surface area contributed by atoms with Gasteiger partial charge in [0.2, 0.25) is 5.91 Å². The monoisotopic (exact) mass is 276 g/mol. The van der Waals surface area contributed by atoms with E-state index in [9.17, 15) is 4.79 Å². The number of hydrogen-bond acceptors (Lipinski definition) is 3. The minimum Gasteiger partial charge on any atom is -0.493 e. The fourth-order valence-corrected chi connectivity index (χ4v) is 2.46. The number of carbonyl (C=O) groups excluding carboxylic acids is 1. The Morgan fingerprint density at radius 2 is 2.25 bits per heavy atom. The second-order valence-corrected chi connectivity index (χ2v) is 5.16.